The lowest BCUT2D eigenvalue weighted by molar-refractivity contribution is 0.261. The largest absolute Gasteiger partial charge is 0.361 e. The number of aliphatic imine (C=N–C) groups is 1. The first-order valence-electron chi connectivity index (χ1n) is 9.24. The predicted octanol–water partition coefficient (Wildman–Crippen LogP) is 4.89. The average Bonchev–Trinajstić information content (AvgIpc) is 2.94. The van der Waals surface area contributed by atoms with E-state index in [2.05, 4.69) is 54.1 Å². The van der Waals surface area contributed by atoms with E-state index in [0.29, 0.717) is 5.92 Å². The summed E-state index contributed by atoms with van der Waals surface area (Å²) in [7, 11) is 0. The summed E-state index contributed by atoms with van der Waals surface area (Å²) in [6.07, 6.45) is 3.46. The quantitative estimate of drug-likeness (QED) is 0.609. The van der Waals surface area contributed by atoms with E-state index in [-0.39, 0.29) is 6.04 Å². The molecule has 1 aliphatic rings. The van der Waals surface area contributed by atoms with E-state index >= 15 is 0 Å². The SMILES string of the molecule is C=N/C(C)=C(/c1c(C)noc1C)N1CC(C(C)CC)=CC(C)N1.CC. The second-order valence-corrected chi connectivity index (χ2v) is 6.35. The summed E-state index contributed by atoms with van der Waals surface area (Å²) in [5, 5.41) is 6.27. The molecule has 0 saturated carbocycles. The minimum atomic E-state index is 0.265. The lowest BCUT2D eigenvalue weighted by Gasteiger charge is -2.37. The summed E-state index contributed by atoms with van der Waals surface area (Å²) in [5.41, 5.74) is 8.70. The standard InChI is InChI=1S/C18H28N4O.C2H6/c1-8-11(2)16-9-12(3)20-22(10-16)18(14(5)19-7)17-13(4)21-23-15(17)6;1-2/h9,11-12,20H,7-8,10H2,1-6H3;1-2H3/b18-14-;. The Bertz CT molecular complexity index is 623. The number of rotatable bonds is 5. The first kappa shape index (κ1) is 21.2. The zero-order valence-corrected chi connectivity index (χ0v) is 17.1. The highest BCUT2D eigenvalue weighted by molar-refractivity contribution is 5.70. The Morgan fingerprint density at radius 1 is 1.48 bits per heavy atom. The molecular weight excluding hydrogens is 312 g/mol. The van der Waals surface area contributed by atoms with Crippen LogP contribution in [-0.2, 0) is 0 Å². The van der Waals surface area contributed by atoms with E-state index in [4.69, 9.17) is 4.52 Å². The summed E-state index contributed by atoms with van der Waals surface area (Å²) in [5.74, 6) is 1.36. The summed E-state index contributed by atoms with van der Waals surface area (Å²) >= 11 is 0. The van der Waals surface area contributed by atoms with Gasteiger partial charge in [0, 0.05) is 6.04 Å². The Hall–Kier alpha value is -1.88. The minimum Gasteiger partial charge on any atom is -0.361 e. The topological polar surface area (TPSA) is 53.7 Å². The summed E-state index contributed by atoms with van der Waals surface area (Å²) in [4.78, 5) is 4.18. The van der Waals surface area contributed by atoms with Gasteiger partial charge in [-0.05, 0) is 52.3 Å². The predicted molar refractivity (Wildman–Crippen MR) is 106 cm³/mol. The van der Waals surface area contributed by atoms with Crippen molar-refractivity contribution in [1.82, 2.24) is 15.6 Å². The van der Waals surface area contributed by atoms with E-state index in [1.807, 2.05) is 34.6 Å². The molecule has 2 heterocycles. The van der Waals surface area contributed by atoms with E-state index in [1.165, 1.54) is 5.57 Å². The molecule has 0 spiro atoms. The molecule has 5 heteroatoms. The molecule has 5 nitrogen and oxygen atoms in total. The third-order valence-electron chi connectivity index (χ3n) is 4.53. The molecule has 140 valence electrons. The lowest BCUT2D eigenvalue weighted by atomic mass is 9.94. The number of hydrogen-bond donors (Lipinski definition) is 1. The zero-order valence-electron chi connectivity index (χ0n) is 17.1. The van der Waals surface area contributed by atoms with Crippen molar-refractivity contribution in [3.63, 3.8) is 0 Å². The molecule has 1 aromatic heterocycles. The van der Waals surface area contributed by atoms with Gasteiger partial charge in [-0.15, -0.1) is 0 Å². The third kappa shape index (κ3) is 4.82. The summed E-state index contributed by atoms with van der Waals surface area (Å²) < 4.78 is 5.37. The number of nitrogens with zero attached hydrogens (tertiary/aromatic N) is 3. The number of nitrogens with one attached hydrogen (secondary N) is 1. The van der Waals surface area contributed by atoms with E-state index in [1.54, 1.807) is 0 Å². The zero-order chi connectivity index (χ0) is 19.1. The van der Waals surface area contributed by atoms with Crippen LogP contribution >= 0.6 is 0 Å². The first-order chi connectivity index (χ1) is 11.9. The molecule has 0 saturated heterocycles. The van der Waals surface area contributed by atoms with Crippen LogP contribution in [0.2, 0.25) is 0 Å². The highest BCUT2D eigenvalue weighted by Gasteiger charge is 2.27. The molecule has 2 unspecified atom stereocenters. The molecule has 2 rings (SSSR count). The van der Waals surface area contributed by atoms with Gasteiger partial charge in [-0.25, -0.2) is 5.43 Å². The average molecular weight is 347 g/mol. The van der Waals surface area contributed by atoms with Crippen LogP contribution in [0.4, 0.5) is 0 Å². The Kier molecular flexibility index (Phi) is 8.10. The molecule has 0 aliphatic carbocycles. The second kappa shape index (κ2) is 9.56. The van der Waals surface area contributed by atoms with Gasteiger partial charge in [0.05, 0.1) is 29.2 Å². The highest BCUT2D eigenvalue weighted by atomic mass is 16.5. The summed E-state index contributed by atoms with van der Waals surface area (Å²) in [6.45, 7) is 21.1. The van der Waals surface area contributed by atoms with Crippen molar-refractivity contribution in [2.24, 2.45) is 10.9 Å². The van der Waals surface area contributed by atoms with Crippen LogP contribution < -0.4 is 5.43 Å². The van der Waals surface area contributed by atoms with Crippen LogP contribution in [-0.4, -0.2) is 29.5 Å². The van der Waals surface area contributed by atoms with Crippen molar-refractivity contribution >= 4 is 12.4 Å². The van der Waals surface area contributed by atoms with Crippen molar-refractivity contribution in [2.45, 2.75) is 67.9 Å². The van der Waals surface area contributed by atoms with Crippen molar-refractivity contribution < 1.29 is 4.52 Å². The molecule has 0 bridgehead atoms. The third-order valence-corrected chi connectivity index (χ3v) is 4.53. The highest BCUT2D eigenvalue weighted by Crippen LogP contribution is 2.31. The Labute approximate surface area is 152 Å². The number of aryl methyl sites for hydroxylation is 2. The minimum absolute atomic E-state index is 0.265. The van der Waals surface area contributed by atoms with Gasteiger partial charge in [-0.2, -0.15) is 0 Å². The van der Waals surface area contributed by atoms with Crippen LogP contribution in [0, 0.1) is 19.8 Å². The molecule has 1 aliphatic heterocycles. The van der Waals surface area contributed by atoms with Gasteiger partial charge in [0.25, 0.3) is 0 Å². The smallest absolute Gasteiger partial charge is 0.143 e. The fraction of sp³-hybridized carbons (Fsp3) is 0.600. The normalized spacial score (nSPS) is 19.4. The van der Waals surface area contributed by atoms with Crippen molar-refractivity contribution in [3.05, 3.63) is 34.4 Å². The Morgan fingerprint density at radius 3 is 2.60 bits per heavy atom. The molecule has 1 aromatic rings. The maximum atomic E-state index is 5.37. The molecular formula is C20H34N4O. The molecule has 0 amide bonds. The fourth-order valence-corrected chi connectivity index (χ4v) is 3.02. The fourth-order valence-electron chi connectivity index (χ4n) is 3.02. The van der Waals surface area contributed by atoms with Gasteiger partial charge in [-0.3, -0.25) is 4.99 Å². The van der Waals surface area contributed by atoms with Gasteiger partial charge in [0.1, 0.15) is 5.76 Å². The number of aromatic nitrogens is 1. The molecule has 0 fully saturated rings. The molecule has 0 radical (unpaired) electrons. The first-order valence-corrected chi connectivity index (χ1v) is 9.24. The van der Waals surface area contributed by atoms with E-state index < -0.39 is 0 Å². The van der Waals surface area contributed by atoms with Gasteiger partial charge in [0.2, 0.25) is 0 Å². The Balaban J connectivity index is 0.00000151. The summed E-state index contributed by atoms with van der Waals surface area (Å²) in [6, 6.07) is 0.265. The molecule has 1 N–H and O–H groups in total. The monoisotopic (exact) mass is 346 g/mol. The van der Waals surface area contributed by atoms with Gasteiger partial charge in [-0.1, -0.05) is 38.9 Å². The maximum absolute atomic E-state index is 5.37. The molecule has 0 aromatic carbocycles. The van der Waals surface area contributed by atoms with Crippen LogP contribution in [0.1, 0.15) is 65.0 Å². The van der Waals surface area contributed by atoms with E-state index in [0.717, 1.165) is 41.4 Å². The number of allylic oxidation sites excluding steroid dienone is 1. The number of hydrogen-bond acceptors (Lipinski definition) is 5. The van der Waals surface area contributed by atoms with Crippen molar-refractivity contribution in [2.75, 3.05) is 6.54 Å². The van der Waals surface area contributed by atoms with Gasteiger partial charge >= 0.3 is 0 Å². The van der Waals surface area contributed by atoms with Gasteiger partial charge < -0.3 is 9.53 Å². The second-order valence-electron chi connectivity index (χ2n) is 6.35. The molecule has 2 atom stereocenters. The lowest BCUT2D eigenvalue weighted by Crippen LogP contribution is -2.47. The van der Waals surface area contributed by atoms with Crippen LogP contribution in [0.5, 0.6) is 0 Å². The Morgan fingerprint density at radius 2 is 2.12 bits per heavy atom. The van der Waals surface area contributed by atoms with Crippen molar-refractivity contribution in [1.29, 1.82) is 0 Å². The van der Waals surface area contributed by atoms with Gasteiger partial charge in [0.15, 0.2) is 0 Å². The molecule has 25 heavy (non-hydrogen) atoms. The van der Waals surface area contributed by atoms with Crippen molar-refractivity contribution in [3.8, 4) is 0 Å². The number of hydrazine groups is 1. The van der Waals surface area contributed by atoms with Crippen LogP contribution in [0.15, 0.2) is 26.9 Å². The van der Waals surface area contributed by atoms with Crippen LogP contribution in [0.3, 0.4) is 0 Å². The maximum Gasteiger partial charge on any atom is 0.143 e. The van der Waals surface area contributed by atoms with E-state index in [9.17, 15) is 0 Å². The van der Waals surface area contributed by atoms with Crippen LogP contribution in [0.25, 0.3) is 5.70 Å².